The molecule has 10 nitrogen and oxygen atoms in total. The second-order valence-electron chi connectivity index (χ2n) is 9.59. The number of carboxylic acid groups (broad SMARTS) is 1. The molecule has 0 aliphatic carbocycles. The quantitative estimate of drug-likeness (QED) is 0.0945. The van der Waals surface area contributed by atoms with Crippen molar-refractivity contribution in [2.45, 2.75) is 64.7 Å². The maximum Gasteiger partial charge on any atom is 1.00 e. The average molecular weight is 593 g/mol. The average Bonchev–Trinajstić information content (AvgIpc) is 2.97. The third-order valence-electron chi connectivity index (χ3n) is 6.16. The summed E-state index contributed by atoms with van der Waals surface area (Å²) in [5.41, 5.74) is 1.08. The summed E-state index contributed by atoms with van der Waals surface area (Å²) >= 11 is 0. The third-order valence-corrected chi connectivity index (χ3v) is 6.16. The molecule has 0 radical (unpaired) electrons. The Hall–Kier alpha value is -1.19. The van der Waals surface area contributed by atoms with Crippen molar-refractivity contribution in [2.24, 2.45) is 0 Å². The van der Waals surface area contributed by atoms with Crippen LogP contribution in [0.1, 0.15) is 74.2 Å². The Labute approximate surface area is 264 Å². The van der Waals surface area contributed by atoms with Crippen molar-refractivity contribution in [3.63, 3.8) is 0 Å². The molecule has 0 spiro atoms. The molecule has 238 valence electrons. The van der Waals surface area contributed by atoms with Gasteiger partial charge in [-0.05, 0) is 30.5 Å². The molecule has 1 aromatic carbocycles. The summed E-state index contributed by atoms with van der Waals surface area (Å²) < 4.78 is 37.8. The number of unbranched alkanes of at least 4 members (excludes halogenated alkanes) is 7. The number of carbonyl (C=O) groups excluding carboxylic acids is 1. The standard InChI is InChI=1S/C31H54O10.Li/c1-2-3-4-5-6-7-8-9-10-28-11-12-30(29(27-28)31(33)34)41-26-25-40-24-23-39-22-21-38-20-19-37-18-17-36-16-15-35-14-13-32;/h11-12,27,32H,2-10,13-26H2,1H3,(H,33,34);/q;+1/p-1. The minimum atomic E-state index is -1.23. The van der Waals surface area contributed by atoms with Crippen LogP contribution in [0.3, 0.4) is 0 Å². The first-order valence-electron chi connectivity index (χ1n) is 15.2. The summed E-state index contributed by atoms with van der Waals surface area (Å²) in [5, 5.41) is 20.2. The number of hydrogen-bond donors (Lipinski definition) is 1. The first-order chi connectivity index (χ1) is 20.2. The van der Waals surface area contributed by atoms with Crippen molar-refractivity contribution in [3.05, 3.63) is 29.3 Å². The van der Waals surface area contributed by atoms with Crippen LogP contribution in [0.15, 0.2) is 18.2 Å². The maximum absolute atomic E-state index is 11.6. The fraction of sp³-hybridized carbons (Fsp3) is 0.774. The molecule has 1 aromatic rings. The molecule has 0 atom stereocenters. The van der Waals surface area contributed by atoms with Crippen molar-refractivity contribution in [3.8, 4) is 5.75 Å². The van der Waals surface area contributed by atoms with Crippen LogP contribution in [0.4, 0.5) is 0 Å². The second-order valence-corrected chi connectivity index (χ2v) is 9.59. The number of aliphatic hydroxyl groups excluding tert-OH is 1. The van der Waals surface area contributed by atoms with Crippen LogP contribution in [-0.4, -0.2) is 104 Å². The molecule has 0 amide bonds. The Balaban J connectivity index is 0.0000168. The Morgan fingerprint density at radius 2 is 1.07 bits per heavy atom. The van der Waals surface area contributed by atoms with Crippen molar-refractivity contribution >= 4 is 5.97 Å². The number of aromatic carboxylic acids is 1. The predicted molar refractivity (Wildman–Crippen MR) is 155 cm³/mol. The number of carbonyl (C=O) groups is 1. The van der Waals surface area contributed by atoms with E-state index < -0.39 is 5.97 Å². The van der Waals surface area contributed by atoms with E-state index >= 15 is 0 Å². The van der Waals surface area contributed by atoms with Gasteiger partial charge in [0, 0.05) is 5.56 Å². The van der Waals surface area contributed by atoms with Crippen LogP contribution in [0.25, 0.3) is 0 Å². The number of rotatable bonds is 31. The number of hydrogen-bond acceptors (Lipinski definition) is 10. The van der Waals surface area contributed by atoms with E-state index in [0.29, 0.717) is 85.0 Å². The molecule has 0 saturated heterocycles. The molecule has 0 aliphatic rings. The Morgan fingerprint density at radius 3 is 1.52 bits per heavy atom. The van der Waals surface area contributed by atoms with Crippen molar-refractivity contribution in [1.29, 1.82) is 0 Å². The Bertz CT molecular complexity index is 738. The van der Waals surface area contributed by atoms with Crippen LogP contribution in [0.5, 0.6) is 5.75 Å². The van der Waals surface area contributed by atoms with E-state index in [1.54, 1.807) is 12.1 Å². The van der Waals surface area contributed by atoms with Gasteiger partial charge in [-0.3, -0.25) is 0 Å². The zero-order valence-electron chi connectivity index (χ0n) is 26.1. The fourth-order valence-electron chi connectivity index (χ4n) is 3.96. The fourth-order valence-corrected chi connectivity index (χ4v) is 3.96. The normalized spacial score (nSPS) is 11.0. The van der Waals surface area contributed by atoms with Gasteiger partial charge in [0.25, 0.3) is 0 Å². The number of aliphatic hydroxyl groups is 1. The molecule has 1 N–H and O–H groups in total. The van der Waals surface area contributed by atoms with Crippen LogP contribution < -0.4 is 28.7 Å². The smallest absolute Gasteiger partial charge is 0.545 e. The van der Waals surface area contributed by atoms with Crippen LogP contribution >= 0.6 is 0 Å². The molecule has 0 aromatic heterocycles. The van der Waals surface area contributed by atoms with Gasteiger partial charge in [0.2, 0.25) is 0 Å². The maximum atomic E-state index is 11.6. The van der Waals surface area contributed by atoms with Gasteiger partial charge in [-0.1, -0.05) is 57.9 Å². The van der Waals surface area contributed by atoms with Gasteiger partial charge in [0.1, 0.15) is 12.4 Å². The number of benzene rings is 1. The largest absolute Gasteiger partial charge is 1.00 e. The van der Waals surface area contributed by atoms with Crippen LogP contribution in [-0.2, 0) is 34.8 Å². The van der Waals surface area contributed by atoms with Crippen LogP contribution in [0.2, 0.25) is 0 Å². The SMILES string of the molecule is CCCCCCCCCCc1ccc(OCCOCCOCCOCCOCCOCCOCCO)c(C(=O)[O-])c1.[Li+]. The molecule has 42 heavy (non-hydrogen) atoms. The summed E-state index contributed by atoms with van der Waals surface area (Å²) in [6.07, 6.45) is 10.8. The first-order valence-corrected chi connectivity index (χ1v) is 15.2. The van der Waals surface area contributed by atoms with E-state index in [1.165, 1.54) is 38.5 Å². The molecule has 11 heteroatoms. The van der Waals surface area contributed by atoms with Crippen LogP contribution in [0, 0.1) is 0 Å². The summed E-state index contributed by atoms with van der Waals surface area (Å²) in [7, 11) is 0. The summed E-state index contributed by atoms with van der Waals surface area (Å²) in [6.45, 7) is 7.75. The van der Waals surface area contributed by atoms with Crippen molar-refractivity contribution in [1.82, 2.24) is 0 Å². The molecule has 0 bridgehead atoms. The summed E-state index contributed by atoms with van der Waals surface area (Å²) in [4.78, 5) is 11.6. The van der Waals surface area contributed by atoms with Gasteiger partial charge >= 0.3 is 18.9 Å². The summed E-state index contributed by atoms with van der Waals surface area (Å²) in [6, 6.07) is 5.31. The van der Waals surface area contributed by atoms with Gasteiger partial charge in [-0.2, -0.15) is 0 Å². The molecule has 1 rings (SSSR count). The molecular weight excluding hydrogens is 539 g/mol. The Kier molecular flexibility index (Phi) is 30.4. The van der Waals surface area contributed by atoms with E-state index in [2.05, 4.69) is 6.92 Å². The minimum Gasteiger partial charge on any atom is -0.545 e. The van der Waals surface area contributed by atoms with Gasteiger partial charge in [-0.25, -0.2) is 0 Å². The van der Waals surface area contributed by atoms with E-state index in [4.69, 9.17) is 38.3 Å². The molecule has 0 heterocycles. The number of ether oxygens (including phenoxy) is 7. The van der Waals surface area contributed by atoms with Gasteiger partial charge in [-0.15, -0.1) is 0 Å². The first kappa shape index (κ1) is 40.8. The zero-order valence-corrected chi connectivity index (χ0v) is 26.1. The number of aryl methyl sites for hydroxylation is 1. The number of carboxylic acids is 1. The molecule has 0 unspecified atom stereocenters. The van der Waals surface area contributed by atoms with E-state index in [9.17, 15) is 9.90 Å². The van der Waals surface area contributed by atoms with Gasteiger partial charge < -0.3 is 48.2 Å². The molecular formula is C31H53LiO10. The van der Waals surface area contributed by atoms with E-state index in [0.717, 1.165) is 24.8 Å². The second kappa shape index (κ2) is 31.2. The van der Waals surface area contributed by atoms with Gasteiger partial charge in [0.05, 0.1) is 91.9 Å². The summed E-state index contributed by atoms with van der Waals surface area (Å²) in [5.74, 6) is -0.922. The van der Waals surface area contributed by atoms with Gasteiger partial charge in [0.15, 0.2) is 0 Å². The third kappa shape index (κ3) is 24.3. The Morgan fingerprint density at radius 1 is 0.643 bits per heavy atom. The minimum absolute atomic E-state index is 0. The molecule has 0 saturated carbocycles. The van der Waals surface area contributed by atoms with Crippen molar-refractivity contribution in [2.75, 3.05) is 92.5 Å². The van der Waals surface area contributed by atoms with E-state index in [-0.39, 0.29) is 37.6 Å². The predicted octanol–water partition coefficient (Wildman–Crippen LogP) is 0.208. The van der Waals surface area contributed by atoms with Crippen molar-refractivity contribution < 1.29 is 67.0 Å². The zero-order chi connectivity index (χ0) is 29.6. The van der Waals surface area contributed by atoms with E-state index in [1.807, 2.05) is 6.07 Å². The molecule has 0 fully saturated rings. The topological polar surface area (TPSA) is 125 Å². The monoisotopic (exact) mass is 592 g/mol. The molecule has 0 aliphatic heterocycles.